The second-order valence-corrected chi connectivity index (χ2v) is 6.21. The number of hydrogen-bond donors (Lipinski definition) is 0. The van der Waals surface area contributed by atoms with Gasteiger partial charge >= 0.3 is 0 Å². The van der Waals surface area contributed by atoms with Crippen LogP contribution in [0.15, 0.2) is 48.8 Å². The van der Waals surface area contributed by atoms with Gasteiger partial charge in [0.1, 0.15) is 6.07 Å². The second-order valence-electron chi connectivity index (χ2n) is 6.21. The first-order chi connectivity index (χ1) is 9.99. The van der Waals surface area contributed by atoms with Crippen LogP contribution in [0, 0.1) is 11.3 Å². The quantitative estimate of drug-likeness (QED) is 0.668. The Labute approximate surface area is 124 Å². The summed E-state index contributed by atoms with van der Waals surface area (Å²) in [5.74, 6) is 0. The highest BCUT2D eigenvalue weighted by Gasteiger charge is 2.14. The zero-order valence-corrected chi connectivity index (χ0v) is 12.5. The Morgan fingerprint density at radius 1 is 1.10 bits per heavy atom. The summed E-state index contributed by atoms with van der Waals surface area (Å²) in [5, 5.41) is 9.13. The minimum absolute atomic E-state index is 0.130. The molecule has 0 aliphatic heterocycles. The molecule has 2 aromatic heterocycles. The Balaban J connectivity index is 2.16. The fraction of sp³-hybridized carbons (Fsp3) is 0.222. The van der Waals surface area contributed by atoms with Gasteiger partial charge in [0.25, 0.3) is 0 Å². The van der Waals surface area contributed by atoms with E-state index in [9.17, 15) is 0 Å². The third kappa shape index (κ3) is 2.41. The lowest BCUT2D eigenvalue weighted by Gasteiger charge is -2.19. The normalized spacial score (nSPS) is 11.5. The maximum absolute atomic E-state index is 9.13. The van der Waals surface area contributed by atoms with E-state index in [0.717, 1.165) is 16.8 Å². The first kappa shape index (κ1) is 13.4. The molecule has 3 rings (SSSR count). The molecule has 0 atom stereocenters. The Morgan fingerprint density at radius 3 is 2.43 bits per heavy atom. The van der Waals surface area contributed by atoms with Gasteiger partial charge < -0.3 is 4.40 Å². The van der Waals surface area contributed by atoms with Crippen LogP contribution < -0.4 is 0 Å². The summed E-state index contributed by atoms with van der Waals surface area (Å²) in [5.41, 5.74) is 4.73. The van der Waals surface area contributed by atoms with E-state index in [1.807, 2.05) is 22.7 Å². The van der Waals surface area contributed by atoms with Gasteiger partial charge in [-0.05, 0) is 23.1 Å². The number of nitrogens with zero attached hydrogens (tertiary/aromatic N) is 3. The van der Waals surface area contributed by atoms with Gasteiger partial charge in [0.15, 0.2) is 5.69 Å². The van der Waals surface area contributed by atoms with Crippen molar-refractivity contribution < 1.29 is 0 Å². The summed E-state index contributed by atoms with van der Waals surface area (Å²) < 4.78 is 1.94. The molecular weight excluding hydrogens is 258 g/mol. The molecule has 0 aliphatic carbocycles. The number of rotatable bonds is 1. The molecule has 0 fully saturated rings. The van der Waals surface area contributed by atoms with Crippen LogP contribution in [-0.4, -0.2) is 9.38 Å². The minimum atomic E-state index is 0.130. The molecule has 21 heavy (non-hydrogen) atoms. The summed E-state index contributed by atoms with van der Waals surface area (Å²) in [6.07, 6.45) is 3.69. The highest BCUT2D eigenvalue weighted by Crippen LogP contribution is 2.27. The largest absolute Gasteiger partial charge is 0.319 e. The number of fused-ring (bicyclic) bond motifs is 1. The van der Waals surface area contributed by atoms with E-state index in [2.05, 4.69) is 56.1 Å². The smallest absolute Gasteiger partial charge is 0.157 e. The predicted octanol–water partition coefficient (Wildman–Crippen LogP) is 4.17. The maximum Gasteiger partial charge on any atom is 0.157 e. The summed E-state index contributed by atoms with van der Waals surface area (Å²) >= 11 is 0. The second kappa shape index (κ2) is 4.75. The molecule has 0 aliphatic rings. The van der Waals surface area contributed by atoms with Gasteiger partial charge in [0.05, 0.1) is 11.2 Å². The van der Waals surface area contributed by atoms with Crippen molar-refractivity contribution >= 4 is 5.52 Å². The lowest BCUT2D eigenvalue weighted by molar-refractivity contribution is 0.590. The van der Waals surface area contributed by atoms with Crippen LogP contribution in [0.5, 0.6) is 0 Å². The summed E-state index contributed by atoms with van der Waals surface area (Å²) in [6.45, 7) is 6.59. The van der Waals surface area contributed by atoms with E-state index >= 15 is 0 Å². The average molecular weight is 275 g/mol. The van der Waals surface area contributed by atoms with Gasteiger partial charge in [0, 0.05) is 18.0 Å². The third-order valence-corrected chi connectivity index (χ3v) is 3.65. The molecule has 1 aromatic carbocycles. The van der Waals surface area contributed by atoms with E-state index in [0.29, 0.717) is 5.69 Å². The highest BCUT2D eigenvalue weighted by molar-refractivity contribution is 5.77. The zero-order chi connectivity index (χ0) is 15.0. The van der Waals surface area contributed by atoms with Gasteiger partial charge in [-0.2, -0.15) is 5.26 Å². The van der Waals surface area contributed by atoms with Crippen molar-refractivity contribution in [3.05, 3.63) is 60.0 Å². The Hall–Kier alpha value is -2.60. The molecule has 3 aromatic rings. The number of aromatic nitrogens is 2. The molecule has 0 amide bonds. The predicted molar refractivity (Wildman–Crippen MR) is 84.0 cm³/mol. The lowest BCUT2D eigenvalue weighted by Crippen LogP contribution is -2.10. The van der Waals surface area contributed by atoms with Crippen LogP contribution in [0.4, 0.5) is 0 Å². The molecule has 0 N–H and O–H groups in total. The monoisotopic (exact) mass is 275 g/mol. The van der Waals surface area contributed by atoms with E-state index < -0.39 is 0 Å². The fourth-order valence-corrected chi connectivity index (χ4v) is 2.44. The standard InChI is InChI=1S/C18H17N3/c1-18(2,3)14-8-6-13(7-9-14)17-16-5-4-10-21(16)12-15(11-19)20-17/h4-10,12H,1-3H3. The van der Waals surface area contributed by atoms with Crippen molar-refractivity contribution in [1.82, 2.24) is 9.38 Å². The Morgan fingerprint density at radius 2 is 1.81 bits per heavy atom. The van der Waals surface area contributed by atoms with E-state index in [1.54, 1.807) is 6.20 Å². The molecule has 0 spiro atoms. The molecule has 3 heteroatoms. The summed E-state index contributed by atoms with van der Waals surface area (Å²) in [6, 6.07) is 14.5. The van der Waals surface area contributed by atoms with Crippen LogP contribution in [-0.2, 0) is 5.41 Å². The Kier molecular flexibility index (Phi) is 3.03. The van der Waals surface area contributed by atoms with Crippen LogP contribution in [0.3, 0.4) is 0 Å². The van der Waals surface area contributed by atoms with Crippen LogP contribution in [0.1, 0.15) is 32.0 Å². The van der Waals surface area contributed by atoms with Gasteiger partial charge in [-0.1, -0.05) is 45.0 Å². The number of hydrogen-bond acceptors (Lipinski definition) is 2. The van der Waals surface area contributed by atoms with Crippen LogP contribution in [0.25, 0.3) is 16.8 Å². The van der Waals surface area contributed by atoms with Crippen molar-refractivity contribution in [3.63, 3.8) is 0 Å². The van der Waals surface area contributed by atoms with Gasteiger partial charge in [-0.25, -0.2) is 4.98 Å². The molecule has 3 nitrogen and oxygen atoms in total. The van der Waals surface area contributed by atoms with Gasteiger partial charge in [0.2, 0.25) is 0 Å². The minimum Gasteiger partial charge on any atom is -0.319 e. The fourth-order valence-electron chi connectivity index (χ4n) is 2.44. The summed E-state index contributed by atoms with van der Waals surface area (Å²) in [7, 11) is 0. The number of nitriles is 1. The average Bonchev–Trinajstić information content (AvgIpc) is 2.93. The molecule has 0 radical (unpaired) electrons. The highest BCUT2D eigenvalue weighted by atomic mass is 14.9. The van der Waals surface area contributed by atoms with E-state index in [-0.39, 0.29) is 5.41 Å². The molecule has 0 saturated carbocycles. The maximum atomic E-state index is 9.13. The zero-order valence-electron chi connectivity index (χ0n) is 12.5. The molecular formula is C18H17N3. The molecule has 0 unspecified atom stereocenters. The van der Waals surface area contributed by atoms with Gasteiger partial charge in [-0.15, -0.1) is 0 Å². The van der Waals surface area contributed by atoms with Crippen molar-refractivity contribution in [3.8, 4) is 17.3 Å². The third-order valence-electron chi connectivity index (χ3n) is 3.65. The van der Waals surface area contributed by atoms with Crippen LogP contribution >= 0.6 is 0 Å². The molecule has 0 bridgehead atoms. The SMILES string of the molecule is CC(C)(C)c1ccc(-c2nc(C#N)cn3cccc23)cc1. The lowest BCUT2D eigenvalue weighted by atomic mass is 9.86. The van der Waals surface area contributed by atoms with Crippen molar-refractivity contribution in [2.24, 2.45) is 0 Å². The van der Waals surface area contributed by atoms with Crippen molar-refractivity contribution in [2.45, 2.75) is 26.2 Å². The van der Waals surface area contributed by atoms with E-state index in [4.69, 9.17) is 5.26 Å². The van der Waals surface area contributed by atoms with Gasteiger partial charge in [-0.3, -0.25) is 0 Å². The first-order valence-corrected chi connectivity index (χ1v) is 6.98. The van der Waals surface area contributed by atoms with Crippen LogP contribution in [0.2, 0.25) is 0 Å². The first-order valence-electron chi connectivity index (χ1n) is 6.98. The van der Waals surface area contributed by atoms with E-state index in [1.165, 1.54) is 5.56 Å². The molecule has 104 valence electrons. The number of benzene rings is 1. The van der Waals surface area contributed by atoms with Crippen molar-refractivity contribution in [2.75, 3.05) is 0 Å². The Bertz CT molecular complexity index is 828. The topological polar surface area (TPSA) is 41.1 Å². The summed E-state index contributed by atoms with van der Waals surface area (Å²) in [4.78, 5) is 4.47. The molecule has 0 saturated heterocycles. The molecule has 2 heterocycles. The van der Waals surface area contributed by atoms with Crippen molar-refractivity contribution in [1.29, 1.82) is 5.26 Å².